The van der Waals surface area contributed by atoms with Crippen LogP contribution in [0, 0.1) is 0 Å². The van der Waals surface area contributed by atoms with Crippen LogP contribution in [0.3, 0.4) is 0 Å². The lowest BCUT2D eigenvalue weighted by atomic mass is 10.1. The lowest BCUT2D eigenvalue weighted by Crippen LogP contribution is -2.43. The predicted molar refractivity (Wildman–Crippen MR) is 74.1 cm³/mol. The highest BCUT2D eigenvalue weighted by atomic mass is 32.2. The first kappa shape index (κ1) is 14.6. The number of ether oxygens (including phenoxy) is 2. The van der Waals surface area contributed by atoms with E-state index < -0.39 is 9.84 Å². The van der Waals surface area contributed by atoms with Crippen molar-refractivity contribution in [3.05, 3.63) is 23.8 Å². The zero-order chi connectivity index (χ0) is 14.8. The smallest absolute Gasteiger partial charge is 0.261 e. The fraction of sp³-hybridized carbons (Fsp3) is 0.462. The molecular formula is C13H17NO5S. The number of sulfone groups is 1. The average Bonchev–Trinajstić information content (AvgIpc) is 2.45. The normalized spacial score (nSPS) is 17.6. The molecule has 0 saturated carbocycles. The van der Waals surface area contributed by atoms with E-state index in [1.165, 1.54) is 19.1 Å². The van der Waals surface area contributed by atoms with Gasteiger partial charge in [0.15, 0.2) is 9.84 Å². The maximum atomic E-state index is 12.5. The maximum absolute atomic E-state index is 12.5. The third-order valence-corrected chi connectivity index (χ3v) is 4.88. The van der Waals surface area contributed by atoms with Gasteiger partial charge in [0.1, 0.15) is 17.1 Å². The Hall–Kier alpha value is -1.76. The number of rotatable bonds is 3. The molecule has 1 heterocycles. The summed E-state index contributed by atoms with van der Waals surface area (Å²) in [6.07, 6.45) is 0. The van der Waals surface area contributed by atoms with Gasteiger partial charge in [-0.2, -0.15) is 0 Å². The summed E-state index contributed by atoms with van der Waals surface area (Å²) in [6, 6.07) is 5.09. The Balaban J connectivity index is 2.30. The lowest BCUT2D eigenvalue weighted by Gasteiger charge is -2.27. The van der Waals surface area contributed by atoms with Gasteiger partial charge in [-0.3, -0.25) is 4.79 Å². The van der Waals surface area contributed by atoms with Crippen LogP contribution in [0.15, 0.2) is 18.2 Å². The third-order valence-electron chi connectivity index (χ3n) is 3.27. The first-order valence-electron chi connectivity index (χ1n) is 6.19. The van der Waals surface area contributed by atoms with Crippen LogP contribution < -0.4 is 9.47 Å². The van der Waals surface area contributed by atoms with Gasteiger partial charge in [0, 0.05) is 13.1 Å². The second-order valence-corrected chi connectivity index (χ2v) is 6.79. The average molecular weight is 299 g/mol. The molecule has 1 fully saturated rings. The standard InChI is InChI=1S/C13H17NO5S/c1-18-10-4-3-5-11(19-2)12(10)13(15)14-6-8-20(16,17)9-7-14/h3-5H,6-9H2,1-2H3. The molecule has 2 rings (SSSR count). The summed E-state index contributed by atoms with van der Waals surface area (Å²) in [5, 5.41) is 0. The molecule has 0 bridgehead atoms. The third kappa shape index (κ3) is 2.87. The second kappa shape index (κ2) is 5.70. The first-order valence-corrected chi connectivity index (χ1v) is 8.01. The van der Waals surface area contributed by atoms with Crippen molar-refractivity contribution < 1.29 is 22.7 Å². The highest BCUT2D eigenvalue weighted by Gasteiger charge is 2.29. The number of carbonyl (C=O) groups is 1. The molecule has 0 spiro atoms. The Labute approximate surface area is 118 Å². The summed E-state index contributed by atoms with van der Waals surface area (Å²) in [5.74, 6) is 0.562. The molecule has 1 saturated heterocycles. The number of nitrogens with zero attached hydrogens (tertiary/aromatic N) is 1. The van der Waals surface area contributed by atoms with Crippen LogP contribution in [0.4, 0.5) is 0 Å². The van der Waals surface area contributed by atoms with Crippen molar-refractivity contribution in [2.24, 2.45) is 0 Å². The fourth-order valence-electron chi connectivity index (χ4n) is 2.14. The summed E-state index contributed by atoms with van der Waals surface area (Å²) in [7, 11) is -0.0624. The van der Waals surface area contributed by atoms with Crippen molar-refractivity contribution >= 4 is 15.7 Å². The molecule has 1 aliphatic heterocycles. The Morgan fingerprint density at radius 2 is 1.60 bits per heavy atom. The van der Waals surface area contributed by atoms with E-state index in [0.29, 0.717) is 17.1 Å². The summed E-state index contributed by atoms with van der Waals surface area (Å²) in [4.78, 5) is 14.1. The van der Waals surface area contributed by atoms with Crippen LogP contribution >= 0.6 is 0 Å². The minimum Gasteiger partial charge on any atom is -0.496 e. The molecule has 110 valence electrons. The predicted octanol–water partition coefficient (Wildman–Crippen LogP) is 0.574. The molecule has 0 atom stereocenters. The van der Waals surface area contributed by atoms with E-state index in [9.17, 15) is 13.2 Å². The summed E-state index contributed by atoms with van der Waals surface area (Å²) < 4.78 is 33.2. The van der Waals surface area contributed by atoms with Gasteiger partial charge in [-0.05, 0) is 12.1 Å². The largest absolute Gasteiger partial charge is 0.496 e. The Morgan fingerprint density at radius 3 is 2.05 bits per heavy atom. The quantitative estimate of drug-likeness (QED) is 0.816. The zero-order valence-electron chi connectivity index (χ0n) is 11.5. The second-order valence-electron chi connectivity index (χ2n) is 4.48. The van der Waals surface area contributed by atoms with Crippen LogP contribution in [0.5, 0.6) is 11.5 Å². The van der Waals surface area contributed by atoms with Crippen molar-refractivity contribution in [2.45, 2.75) is 0 Å². The summed E-state index contributed by atoms with van der Waals surface area (Å²) in [5.41, 5.74) is 0.330. The van der Waals surface area contributed by atoms with Gasteiger partial charge in [0.2, 0.25) is 0 Å². The molecule has 1 aromatic carbocycles. The van der Waals surface area contributed by atoms with Gasteiger partial charge >= 0.3 is 0 Å². The van der Waals surface area contributed by atoms with Gasteiger partial charge in [-0.15, -0.1) is 0 Å². The minimum atomic E-state index is -3.02. The van der Waals surface area contributed by atoms with Gasteiger partial charge in [-0.1, -0.05) is 6.07 Å². The molecule has 20 heavy (non-hydrogen) atoms. The molecule has 0 radical (unpaired) electrons. The number of amides is 1. The van der Waals surface area contributed by atoms with E-state index in [-0.39, 0.29) is 30.5 Å². The molecule has 7 heteroatoms. The number of hydrogen-bond acceptors (Lipinski definition) is 5. The van der Waals surface area contributed by atoms with Gasteiger partial charge in [-0.25, -0.2) is 8.42 Å². The fourth-order valence-corrected chi connectivity index (χ4v) is 3.34. The number of hydrogen-bond donors (Lipinski definition) is 0. The molecule has 6 nitrogen and oxygen atoms in total. The molecule has 1 aromatic rings. The lowest BCUT2D eigenvalue weighted by molar-refractivity contribution is 0.0763. The summed E-state index contributed by atoms with van der Waals surface area (Å²) in [6.45, 7) is 0.394. The zero-order valence-corrected chi connectivity index (χ0v) is 12.3. The minimum absolute atomic E-state index is 0.00377. The van der Waals surface area contributed by atoms with E-state index in [1.54, 1.807) is 18.2 Å². The Bertz CT molecular complexity index is 575. The van der Waals surface area contributed by atoms with Crippen molar-refractivity contribution in [1.29, 1.82) is 0 Å². The Morgan fingerprint density at radius 1 is 1.10 bits per heavy atom. The van der Waals surface area contributed by atoms with Crippen LogP contribution in [0.1, 0.15) is 10.4 Å². The highest BCUT2D eigenvalue weighted by molar-refractivity contribution is 7.91. The van der Waals surface area contributed by atoms with Gasteiger partial charge in [0.05, 0.1) is 25.7 Å². The van der Waals surface area contributed by atoms with Gasteiger partial charge < -0.3 is 14.4 Å². The first-order chi connectivity index (χ1) is 9.48. The van der Waals surface area contributed by atoms with Crippen LogP contribution in [-0.4, -0.2) is 58.0 Å². The molecule has 1 amide bonds. The topological polar surface area (TPSA) is 72.9 Å². The number of carbonyl (C=O) groups excluding carboxylic acids is 1. The van der Waals surface area contributed by atoms with Crippen LogP contribution in [0.2, 0.25) is 0 Å². The molecule has 0 unspecified atom stereocenters. The molecule has 0 aliphatic carbocycles. The number of methoxy groups -OCH3 is 2. The monoisotopic (exact) mass is 299 g/mol. The molecule has 0 aromatic heterocycles. The van der Waals surface area contributed by atoms with Crippen LogP contribution in [-0.2, 0) is 9.84 Å². The molecular weight excluding hydrogens is 282 g/mol. The van der Waals surface area contributed by atoms with E-state index in [2.05, 4.69) is 0 Å². The van der Waals surface area contributed by atoms with Crippen LogP contribution in [0.25, 0.3) is 0 Å². The molecule has 0 N–H and O–H groups in total. The molecule has 1 aliphatic rings. The van der Waals surface area contributed by atoms with Crippen molar-refractivity contribution in [3.63, 3.8) is 0 Å². The summed E-state index contributed by atoms with van der Waals surface area (Å²) >= 11 is 0. The van der Waals surface area contributed by atoms with E-state index in [0.717, 1.165) is 0 Å². The van der Waals surface area contributed by atoms with Crippen molar-refractivity contribution in [1.82, 2.24) is 4.90 Å². The van der Waals surface area contributed by atoms with E-state index in [1.807, 2.05) is 0 Å². The van der Waals surface area contributed by atoms with Crippen molar-refractivity contribution in [2.75, 3.05) is 38.8 Å². The maximum Gasteiger partial charge on any atom is 0.261 e. The SMILES string of the molecule is COc1cccc(OC)c1C(=O)N1CCS(=O)(=O)CC1. The van der Waals surface area contributed by atoms with E-state index >= 15 is 0 Å². The Kier molecular flexibility index (Phi) is 4.17. The van der Waals surface area contributed by atoms with Gasteiger partial charge in [0.25, 0.3) is 5.91 Å². The van der Waals surface area contributed by atoms with E-state index in [4.69, 9.17) is 9.47 Å². The van der Waals surface area contributed by atoms with Crippen molar-refractivity contribution in [3.8, 4) is 11.5 Å². The number of benzene rings is 1. The highest BCUT2D eigenvalue weighted by Crippen LogP contribution is 2.29.